The summed E-state index contributed by atoms with van der Waals surface area (Å²) < 4.78 is 2.58. The second-order valence-electron chi connectivity index (χ2n) is 6.80. The summed E-state index contributed by atoms with van der Waals surface area (Å²) in [6.07, 6.45) is 10.2. The van der Waals surface area contributed by atoms with E-state index in [1.807, 2.05) is 0 Å². The van der Waals surface area contributed by atoms with Gasteiger partial charge in [0.25, 0.3) is 0 Å². The zero-order valence-corrected chi connectivity index (χ0v) is 15.1. The number of thioether (sulfide) groups is 1. The molecule has 4 rings (SSSR count). The highest BCUT2D eigenvalue weighted by atomic mass is 32.2. The normalized spacial score (nSPS) is 24.9. The van der Waals surface area contributed by atoms with Gasteiger partial charge in [-0.1, -0.05) is 42.5 Å². The van der Waals surface area contributed by atoms with E-state index in [-0.39, 0.29) is 5.41 Å². The molecule has 2 aromatic rings. The van der Waals surface area contributed by atoms with Crippen LogP contribution in [0.5, 0.6) is 0 Å². The van der Waals surface area contributed by atoms with Crippen LogP contribution >= 0.6 is 11.8 Å². The third-order valence-corrected chi connectivity index (χ3v) is 6.30. The van der Waals surface area contributed by atoms with Gasteiger partial charge in [0.15, 0.2) is 12.3 Å². The Bertz CT molecular complexity index is 790. The molecule has 2 heterocycles. The molecule has 1 fully saturated rings. The Morgan fingerprint density at radius 3 is 2.75 bits per heavy atom. The molecule has 24 heavy (non-hydrogen) atoms. The maximum absolute atomic E-state index is 4.07. The van der Waals surface area contributed by atoms with Crippen LogP contribution in [0.25, 0.3) is 0 Å². The van der Waals surface area contributed by atoms with E-state index in [4.69, 9.17) is 0 Å². The van der Waals surface area contributed by atoms with Gasteiger partial charge in [0.1, 0.15) is 12.0 Å². The molecule has 1 nitrogen and oxygen atoms in total. The maximum Gasteiger partial charge on any atom is 0.178 e. The van der Waals surface area contributed by atoms with Gasteiger partial charge >= 0.3 is 0 Å². The molecule has 2 aliphatic rings. The molecule has 0 saturated carbocycles. The van der Waals surface area contributed by atoms with Gasteiger partial charge < -0.3 is 0 Å². The molecule has 0 bridgehead atoms. The molecular weight excluding hydrogens is 310 g/mol. The first-order valence-corrected chi connectivity index (χ1v) is 9.97. The average molecular weight is 335 g/mol. The van der Waals surface area contributed by atoms with E-state index in [0.29, 0.717) is 6.04 Å². The van der Waals surface area contributed by atoms with Crippen LogP contribution in [0.15, 0.2) is 66.1 Å². The van der Waals surface area contributed by atoms with Crippen molar-refractivity contribution in [1.82, 2.24) is 0 Å². The summed E-state index contributed by atoms with van der Waals surface area (Å²) in [5, 5.41) is 0. The zero-order chi connectivity index (χ0) is 16.6. The van der Waals surface area contributed by atoms with Crippen LogP contribution in [0.3, 0.4) is 0 Å². The topological polar surface area (TPSA) is 3.01 Å². The van der Waals surface area contributed by atoms with Crippen LogP contribution in [0.4, 0.5) is 0 Å². The van der Waals surface area contributed by atoms with E-state index in [1.165, 1.54) is 41.0 Å². The van der Waals surface area contributed by atoms with Gasteiger partial charge in [-0.05, 0) is 35.9 Å². The van der Waals surface area contributed by atoms with E-state index in [9.17, 15) is 0 Å². The predicted octanol–water partition coefficient (Wildman–Crippen LogP) is 5.20. The highest BCUT2D eigenvalue weighted by molar-refractivity contribution is 7.98. The highest BCUT2D eigenvalue weighted by Crippen LogP contribution is 2.45. The standard InChI is InChI=1S/C22H24NS/c1-3-14-22(17-10-12-18(24-2)13-11-17)16-23-15-6-9-21(23)19-7-4-5-8-20(19)22/h3-5,7-8,10-13,16,21H,1,6,9,14-15H2,2H3/q+1/t21-,22+/m0/s1. The van der Waals surface area contributed by atoms with Gasteiger partial charge in [0.2, 0.25) is 0 Å². The minimum atomic E-state index is -0.0872. The van der Waals surface area contributed by atoms with Crippen molar-refractivity contribution in [3.8, 4) is 0 Å². The molecular formula is C22H24NS+. The van der Waals surface area contributed by atoms with Crippen molar-refractivity contribution in [2.45, 2.75) is 35.6 Å². The summed E-state index contributed by atoms with van der Waals surface area (Å²) in [5.74, 6) is 0. The Balaban J connectivity index is 1.95. The van der Waals surface area contributed by atoms with Crippen LogP contribution in [0.2, 0.25) is 0 Å². The number of fused-ring (bicyclic) bond motifs is 3. The monoisotopic (exact) mass is 334 g/mol. The molecule has 2 heteroatoms. The van der Waals surface area contributed by atoms with Crippen LogP contribution in [0.1, 0.15) is 42.0 Å². The molecule has 0 radical (unpaired) electrons. The van der Waals surface area contributed by atoms with Crippen molar-refractivity contribution in [3.05, 3.63) is 77.9 Å². The largest absolute Gasteiger partial charge is 0.231 e. The fourth-order valence-electron chi connectivity index (χ4n) is 4.45. The number of hydrogen-bond acceptors (Lipinski definition) is 1. The number of hydrogen-bond donors (Lipinski definition) is 0. The smallest absolute Gasteiger partial charge is 0.178 e. The van der Waals surface area contributed by atoms with E-state index < -0.39 is 0 Å². The van der Waals surface area contributed by atoms with E-state index in [1.54, 1.807) is 11.8 Å². The minimum Gasteiger partial charge on any atom is -0.231 e. The van der Waals surface area contributed by atoms with Crippen molar-refractivity contribution in [3.63, 3.8) is 0 Å². The lowest BCUT2D eigenvalue weighted by Crippen LogP contribution is -2.39. The van der Waals surface area contributed by atoms with Crippen molar-refractivity contribution < 1.29 is 4.58 Å². The zero-order valence-electron chi connectivity index (χ0n) is 14.2. The lowest BCUT2D eigenvalue weighted by atomic mass is 9.69. The van der Waals surface area contributed by atoms with Crippen molar-refractivity contribution in [2.24, 2.45) is 0 Å². The first-order chi connectivity index (χ1) is 11.8. The van der Waals surface area contributed by atoms with Gasteiger partial charge in [-0.15, -0.1) is 18.3 Å². The van der Waals surface area contributed by atoms with Crippen molar-refractivity contribution in [2.75, 3.05) is 12.8 Å². The number of rotatable bonds is 4. The van der Waals surface area contributed by atoms with Crippen LogP contribution in [-0.4, -0.2) is 23.6 Å². The van der Waals surface area contributed by atoms with Gasteiger partial charge in [0, 0.05) is 23.3 Å². The lowest BCUT2D eigenvalue weighted by Gasteiger charge is -2.35. The lowest BCUT2D eigenvalue weighted by molar-refractivity contribution is -0.550. The summed E-state index contributed by atoms with van der Waals surface area (Å²) in [6.45, 7) is 5.24. The predicted molar refractivity (Wildman–Crippen MR) is 103 cm³/mol. The van der Waals surface area contributed by atoms with Crippen LogP contribution in [0, 0.1) is 0 Å². The van der Waals surface area contributed by atoms with Gasteiger partial charge in [-0.2, -0.15) is 0 Å². The first kappa shape index (κ1) is 15.7. The second kappa shape index (κ2) is 6.25. The molecule has 2 aromatic carbocycles. The Morgan fingerprint density at radius 2 is 2.00 bits per heavy atom. The minimum absolute atomic E-state index is 0.0872. The Kier molecular flexibility index (Phi) is 4.09. The quantitative estimate of drug-likeness (QED) is 0.422. The van der Waals surface area contributed by atoms with E-state index in [2.05, 4.69) is 78.2 Å². The first-order valence-electron chi connectivity index (χ1n) is 8.75. The number of nitrogens with zero attached hydrogens (tertiary/aromatic N) is 1. The summed E-state index contributed by atoms with van der Waals surface area (Å²) >= 11 is 1.80. The molecule has 0 aromatic heterocycles. The second-order valence-corrected chi connectivity index (χ2v) is 7.68. The number of allylic oxidation sites excluding steroid dienone is 1. The average Bonchev–Trinajstić information content (AvgIpc) is 3.10. The molecule has 122 valence electrons. The molecule has 2 atom stereocenters. The summed E-state index contributed by atoms with van der Waals surface area (Å²) in [7, 11) is 0. The van der Waals surface area contributed by atoms with Gasteiger partial charge in [-0.25, -0.2) is 4.58 Å². The van der Waals surface area contributed by atoms with Gasteiger partial charge in [0.05, 0.1) is 0 Å². The van der Waals surface area contributed by atoms with Crippen molar-refractivity contribution in [1.29, 1.82) is 0 Å². The molecule has 0 spiro atoms. The molecule has 1 saturated heterocycles. The Hall–Kier alpha value is -1.80. The molecule has 0 N–H and O–H groups in total. The Labute approximate surface area is 149 Å². The van der Waals surface area contributed by atoms with Crippen LogP contribution in [-0.2, 0) is 5.41 Å². The third kappa shape index (κ3) is 2.36. The SMILES string of the molecule is C=CC[C@]1(c2ccc(SC)cc2)C=[N+]2CCC[C@H]2c2ccccc21. The maximum atomic E-state index is 4.07. The van der Waals surface area contributed by atoms with E-state index in [0.717, 1.165) is 6.42 Å². The highest BCUT2D eigenvalue weighted by Gasteiger charge is 2.46. The van der Waals surface area contributed by atoms with Crippen LogP contribution < -0.4 is 0 Å². The fraction of sp³-hybridized carbons (Fsp3) is 0.318. The summed E-state index contributed by atoms with van der Waals surface area (Å²) in [5.41, 5.74) is 4.26. The molecule has 0 amide bonds. The Morgan fingerprint density at radius 1 is 1.21 bits per heavy atom. The molecule has 0 aliphatic carbocycles. The number of benzene rings is 2. The molecule has 2 aliphatic heterocycles. The summed E-state index contributed by atoms with van der Waals surface area (Å²) in [4.78, 5) is 1.32. The fourth-order valence-corrected chi connectivity index (χ4v) is 4.86. The molecule has 0 unspecified atom stereocenters. The van der Waals surface area contributed by atoms with E-state index >= 15 is 0 Å². The van der Waals surface area contributed by atoms with Crippen molar-refractivity contribution >= 4 is 18.0 Å². The third-order valence-electron chi connectivity index (χ3n) is 5.55. The summed E-state index contributed by atoms with van der Waals surface area (Å²) in [6, 6.07) is 18.7. The van der Waals surface area contributed by atoms with Gasteiger partial charge in [-0.3, -0.25) is 0 Å².